The molecule has 0 aliphatic carbocycles. The summed E-state index contributed by atoms with van der Waals surface area (Å²) in [5.74, 6) is 0.113. The van der Waals surface area contributed by atoms with E-state index in [0.29, 0.717) is 0 Å². The summed E-state index contributed by atoms with van der Waals surface area (Å²) >= 11 is 0. The van der Waals surface area contributed by atoms with E-state index in [0.717, 1.165) is 35.9 Å². The van der Waals surface area contributed by atoms with Crippen molar-refractivity contribution in [1.29, 1.82) is 0 Å². The van der Waals surface area contributed by atoms with Crippen molar-refractivity contribution in [3.63, 3.8) is 0 Å². The van der Waals surface area contributed by atoms with Crippen LogP contribution in [0.1, 0.15) is 30.1 Å². The van der Waals surface area contributed by atoms with Crippen LogP contribution in [-0.2, 0) is 0 Å². The van der Waals surface area contributed by atoms with Crippen molar-refractivity contribution in [3.05, 3.63) is 36.0 Å². The largest absolute Gasteiger partial charge is 0.361 e. The smallest absolute Gasteiger partial charge is 0.254 e. The number of carbonyl (C=O) groups excluding carboxylic acids is 1. The summed E-state index contributed by atoms with van der Waals surface area (Å²) in [6.45, 7) is 2.83. The number of hydrogen-bond acceptors (Lipinski definition) is 2. The van der Waals surface area contributed by atoms with Gasteiger partial charge in [0.15, 0.2) is 0 Å². The molecule has 2 atom stereocenters. The Kier molecular flexibility index (Phi) is 3.03. The second kappa shape index (κ2) is 4.70. The molecule has 1 aromatic heterocycles. The predicted molar refractivity (Wildman–Crippen MR) is 76.0 cm³/mol. The van der Waals surface area contributed by atoms with E-state index in [1.54, 1.807) is 0 Å². The molecule has 0 bridgehead atoms. The third-order valence-electron chi connectivity index (χ3n) is 3.98. The monoisotopic (exact) mass is 257 g/mol. The first kappa shape index (κ1) is 12.2. The number of aromatic amines is 1. The topological polar surface area (TPSA) is 62.1 Å². The molecule has 3 N–H and O–H groups in total. The zero-order valence-electron chi connectivity index (χ0n) is 11.1. The maximum atomic E-state index is 12.6. The molecule has 100 valence electrons. The van der Waals surface area contributed by atoms with Crippen molar-refractivity contribution in [1.82, 2.24) is 9.88 Å². The molecule has 2 aromatic rings. The summed E-state index contributed by atoms with van der Waals surface area (Å²) < 4.78 is 0. The summed E-state index contributed by atoms with van der Waals surface area (Å²) in [6.07, 6.45) is 3.67. The third-order valence-corrected chi connectivity index (χ3v) is 3.98. The van der Waals surface area contributed by atoms with Crippen LogP contribution in [0.4, 0.5) is 0 Å². The van der Waals surface area contributed by atoms with Crippen molar-refractivity contribution in [2.75, 3.05) is 6.54 Å². The van der Waals surface area contributed by atoms with Crippen LogP contribution in [0.2, 0.25) is 0 Å². The Balaban J connectivity index is 1.86. The van der Waals surface area contributed by atoms with Crippen LogP contribution in [0.25, 0.3) is 10.9 Å². The maximum absolute atomic E-state index is 12.6. The number of piperidine rings is 1. The highest BCUT2D eigenvalue weighted by atomic mass is 16.2. The molecule has 1 saturated heterocycles. The highest BCUT2D eigenvalue weighted by Crippen LogP contribution is 2.21. The van der Waals surface area contributed by atoms with Crippen LogP contribution in [-0.4, -0.2) is 34.4 Å². The average molecular weight is 257 g/mol. The second-order valence-electron chi connectivity index (χ2n) is 5.41. The van der Waals surface area contributed by atoms with Gasteiger partial charge in [-0.15, -0.1) is 0 Å². The van der Waals surface area contributed by atoms with Gasteiger partial charge in [0, 0.05) is 41.3 Å². The first-order chi connectivity index (χ1) is 9.15. The molecule has 1 amide bonds. The second-order valence-corrected chi connectivity index (χ2v) is 5.41. The zero-order valence-corrected chi connectivity index (χ0v) is 11.1. The molecule has 2 heterocycles. The minimum Gasteiger partial charge on any atom is -0.361 e. The van der Waals surface area contributed by atoms with E-state index in [1.165, 1.54) is 0 Å². The van der Waals surface area contributed by atoms with Gasteiger partial charge in [-0.25, -0.2) is 0 Å². The molecule has 0 saturated carbocycles. The fourth-order valence-corrected chi connectivity index (χ4v) is 2.86. The number of fused-ring (bicyclic) bond motifs is 1. The number of H-pyrrole nitrogens is 1. The Hall–Kier alpha value is -1.81. The summed E-state index contributed by atoms with van der Waals surface area (Å²) in [5, 5.41) is 1.08. The van der Waals surface area contributed by atoms with Crippen molar-refractivity contribution in [3.8, 4) is 0 Å². The normalized spacial score (nSPS) is 23.8. The van der Waals surface area contributed by atoms with E-state index in [2.05, 4.69) is 11.9 Å². The molecule has 1 aliphatic rings. The number of hydrogen-bond donors (Lipinski definition) is 2. The van der Waals surface area contributed by atoms with Crippen LogP contribution in [0.5, 0.6) is 0 Å². The molecule has 3 rings (SSSR count). The Labute approximate surface area is 112 Å². The fourth-order valence-electron chi connectivity index (χ4n) is 2.86. The van der Waals surface area contributed by atoms with Gasteiger partial charge in [0.1, 0.15) is 0 Å². The van der Waals surface area contributed by atoms with E-state index < -0.39 is 0 Å². The molecular formula is C15H19N3O. The number of aromatic nitrogens is 1. The molecule has 1 aliphatic heterocycles. The Morgan fingerprint density at radius 3 is 3.05 bits per heavy atom. The number of amides is 1. The molecular weight excluding hydrogens is 238 g/mol. The van der Waals surface area contributed by atoms with E-state index in [1.807, 2.05) is 35.4 Å². The van der Waals surface area contributed by atoms with Crippen molar-refractivity contribution < 1.29 is 4.79 Å². The first-order valence-electron chi connectivity index (χ1n) is 6.79. The zero-order chi connectivity index (χ0) is 13.4. The number of nitrogens with one attached hydrogen (secondary N) is 1. The molecule has 0 radical (unpaired) electrons. The van der Waals surface area contributed by atoms with Gasteiger partial charge in [-0.3, -0.25) is 4.79 Å². The quantitative estimate of drug-likeness (QED) is 0.822. The number of carbonyl (C=O) groups is 1. The van der Waals surface area contributed by atoms with E-state index in [9.17, 15) is 4.79 Å². The first-order valence-corrected chi connectivity index (χ1v) is 6.79. The van der Waals surface area contributed by atoms with Crippen molar-refractivity contribution in [2.24, 2.45) is 5.73 Å². The van der Waals surface area contributed by atoms with Gasteiger partial charge >= 0.3 is 0 Å². The number of rotatable bonds is 1. The van der Waals surface area contributed by atoms with Crippen molar-refractivity contribution in [2.45, 2.75) is 31.8 Å². The molecule has 4 heteroatoms. The van der Waals surface area contributed by atoms with Crippen molar-refractivity contribution >= 4 is 16.8 Å². The molecule has 19 heavy (non-hydrogen) atoms. The molecule has 0 spiro atoms. The molecule has 2 unspecified atom stereocenters. The number of likely N-dealkylation sites (tertiary alicyclic amines) is 1. The van der Waals surface area contributed by atoms with Gasteiger partial charge in [-0.1, -0.05) is 0 Å². The summed E-state index contributed by atoms with van der Waals surface area (Å²) in [4.78, 5) is 17.6. The van der Waals surface area contributed by atoms with Gasteiger partial charge in [0.25, 0.3) is 5.91 Å². The minimum absolute atomic E-state index is 0.113. The fraction of sp³-hybridized carbons (Fsp3) is 0.400. The van der Waals surface area contributed by atoms with E-state index in [4.69, 9.17) is 5.73 Å². The van der Waals surface area contributed by atoms with Crippen LogP contribution >= 0.6 is 0 Å². The van der Waals surface area contributed by atoms with Crippen LogP contribution in [0, 0.1) is 0 Å². The lowest BCUT2D eigenvalue weighted by Gasteiger charge is -2.36. The highest BCUT2D eigenvalue weighted by Gasteiger charge is 2.27. The third kappa shape index (κ3) is 2.24. The highest BCUT2D eigenvalue weighted by molar-refractivity contribution is 5.98. The number of benzene rings is 1. The summed E-state index contributed by atoms with van der Waals surface area (Å²) in [5.41, 5.74) is 7.76. The predicted octanol–water partition coefficient (Wildman–Crippen LogP) is 2.12. The van der Waals surface area contributed by atoms with Crippen LogP contribution in [0.3, 0.4) is 0 Å². The lowest BCUT2D eigenvalue weighted by atomic mass is 9.98. The molecule has 4 nitrogen and oxygen atoms in total. The van der Waals surface area contributed by atoms with Crippen LogP contribution in [0.15, 0.2) is 30.5 Å². The summed E-state index contributed by atoms with van der Waals surface area (Å²) in [7, 11) is 0. The maximum Gasteiger partial charge on any atom is 0.254 e. The van der Waals surface area contributed by atoms with Gasteiger partial charge in [-0.2, -0.15) is 0 Å². The average Bonchev–Trinajstić information content (AvgIpc) is 2.85. The van der Waals surface area contributed by atoms with Gasteiger partial charge in [0.2, 0.25) is 0 Å². The SMILES string of the molecule is CC1CC(N)CCN1C(=O)c1ccc2[nH]ccc2c1. The molecule has 1 aromatic carbocycles. The number of nitrogens with zero attached hydrogens (tertiary/aromatic N) is 1. The van der Waals surface area contributed by atoms with Gasteiger partial charge < -0.3 is 15.6 Å². The number of nitrogens with two attached hydrogens (primary N) is 1. The Morgan fingerprint density at radius 2 is 2.26 bits per heavy atom. The van der Waals surface area contributed by atoms with Crippen LogP contribution < -0.4 is 5.73 Å². The lowest BCUT2D eigenvalue weighted by Crippen LogP contribution is -2.48. The Bertz CT molecular complexity index is 604. The summed E-state index contributed by atoms with van der Waals surface area (Å²) in [6, 6.07) is 8.24. The van der Waals surface area contributed by atoms with E-state index in [-0.39, 0.29) is 18.0 Å². The van der Waals surface area contributed by atoms with E-state index >= 15 is 0 Å². The standard InChI is InChI=1S/C15H19N3O/c1-10-8-13(16)5-7-18(10)15(19)12-2-3-14-11(9-12)4-6-17-14/h2-4,6,9-10,13,17H,5,7-8,16H2,1H3. The lowest BCUT2D eigenvalue weighted by molar-refractivity contribution is 0.0619. The minimum atomic E-state index is 0.113. The van der Waals surface area contributed by atoms with Gasteiger partial charge in [-0.05, 0) is 44.0 Å². The Morgan fingerprint density at radius 1 is 1.42 bits per heavy atom. The molecule has 1 fully saturated rings. The van der Waals surface area contributed by atoms with Gasteiger partial charge in [0.05, 0.1) is 0 Å².